The molecule has 0 aliphatic carbocycles. The maximum Gasteiger partial charge on any atom is 0.0894 e. The van der Waals surface area contributed by atoms with Gasteiger partial charge in [-0.2, -0.15) is 0 Å². The van der Waals surface area contributed by atoms with Gasteiger partial charge in [-0.05, 0) is 94.5 Å². The SMILES string of the molecule is CCCc1cccc(C=Cc2nc(C=Cc3cccc(CCC)c3)c(C=Cc3cccc(CCC)c3)nc2C=Cc2cccc(CCC)c2)c1. The van der Waals surface area contributed by atoms with E-state index in [4.69, 9.17) is 9.97 Å². The summed E-state index contributed by atoms with van der Waals surface area (Å²) in [5, 5.41) is 0. The lowest BCUT2D eigenvalue weighted by atomic mass is 10.0. The third-order valence-electron chi connectivity index (χ3n) is 8.70. The highest BCUT2D eigenvalue weighted by Gasteiger charge is 2.09. The van der Waals surface area contributed by atoms with E-state index in [0.717, 1.165) is 74.1 Å². The first-order chi connectivity index (χ1) is 24.6. The number of aryl methyl sites for hydroxylation is 4. The van der Waals surface area contributed by atoms with Crippen LogP contribution in [0.25, 0.3) is 48.6 Å². The Kier molecular flexibility index (Phi) is 13.9. The summed E-state index contributed by atoms with van der Waals surface area (Å²) in [4.78, 5) is 10.6. The van der Waals surface area contributed by atoms with Crippen LogP contribution in [-0.2, 0) is 25.7 Å². The molecule has 0 amide bonds. The van der Waals surface area contributed by atoms with Gasteiger partial charge in [-0.25, -0.2) is 9.97 Å². The van der Waals surface area contributed by atoms with Gasteiger partial charge in [0.05, 0.1) is 22.8 Å². The second-order valence-corrected chi connectivity index (χ2v) is 13.1. The van der Waals surface area contributed by atoms with E-state index in [-0.39, 0.29) is 0 Å². The topological polar surface area (TPSA) is 25.8 Å². The Labute approximate surface area is 301 Å². The van der Waals surface area contributed by atoms with Crippen LogP contribution in [0.1, 0.15) is 121 Å². The van der Waals surface area contributed by atoms with Crippen molar-refractivity contribution in [2.45, 2.75) is 79.1 Å². The molecule has 0 bridgehead atoms. The molecule has 0 radical (unpaired) electrons. The molecule has 5 aromatic rings. The number of aromatic nitrogens is 2. The van der Waals surface area contributed by atoms with Crippen molar-refractivity contribution in [2.75, 3.05) is 0 Å². The zero-order valence-electron chi connectivity index (χ0n) is 30.4. The molecule has 2 nitrogen and oxygen atoms in total. The normalized spacial score (nSPS) is 11.9. The molecule has 0 N–H and O–H groups in total. The zero-order valence-corrected chi connectivity index (χ0v) is 30.4. The van der Waals surface area contributed by atoms with Gasteiger partial charge in [0.25, 0.3) is 0 Å². The van der Waals surface area contributed by atoms with Gasteiger partial charge < -0.3 is 0 Å². The molecule has 1 heterocycles. The number of hydrogen-bond acceptors (Lipinski definition) is 2. The zero-order chi connectivity index (χ0) is 35.0. The highest BCUT2D eigenvalue weighted by Crippen LogP contribution is 2.22. The summed E-state index contributed by atoms with van der Waals surface area (Å²) < 4.78 is 0. The van der Waals surface area contributed by atoms with Crippen LogP contribution in [0.15, 0.2) is 97.1 Å². The number of rotatable bonds is 16. The average Bonchev–Trinajstić information content (AvgIpc) is 3.13. The molecule has 0 unspecified atom stereocenters. The molecule has 254 valence electrons. The largest absolute Gasteiger partial charge is 0.245 e. The molecule has 1 aromatic heterocycles. The predicted molar refractivity (Wildman–Crippen MR) is 219 cm³/mol. The Bertz CT molecular complexity index is 1680. The van der Waals surface area contributed by atoms with E-state index in [1.165, 1.54) is 44.5 Å². The minimum atomic E-state index is 0.841. The fraction of sp³-hybridized carbons (Fsp3) is 0.250. The molecular formula is C48H52N2. The van der Waals surface area contributed by atoms with Gasteiger partial charge in [0.2, 0.25) is 0 Å². The summed E-state index contributed by atoms with van der Waals surface area (Å²) >= 11 is 0. The van der Waals surface area contributed by atoms with Gasteiger partial charge in [0, 0.05) is 0 Å². The van der Waals surface area contributed by atoms with Gasteiger partial charge >= 0.3 is 0 Å². The summed E-state index contributed by atoms with van der Waals surface area (Å²) in [5.41, 5.74) is 13.4. The molecule has 4 aromatic carbocycles. The van der Waals surface area contributed by atoms with Crippen LogP contribution < -0.4 is 0 Å². The predicted octanol–water partition coefficient (Wildman–Crippen LogP) is 13.0. The molecule has 0 saturated heterocycles. The Morgan fingerprint density at radius 1 is 0.340 bits per heavy atom. The molecule has 50 heavy (non-hydrogen) atoms. The second kappa shape index (κ2) is 19.2. The quantitative estimate of drug-likeness (QED) is 0.106. The van der Waals surface area contributed by atoms with Crippen LogP contribution in [0.3, 0.4) is 0 Å². The minimum absolute atomic E-state index is 0.841. The van der Waals surface area contributed by atoms with Crippen LogP contribution in [-0.4, -0.2) is 9.97 Å². The van der Waals surface area contributed by atoms with E-state index in [0.29, 0.717) is 0 Å². The molecule has 0 spiro atoms. The van der Waals surface area contributed by atoms with Crippen molar-refractivity contribution in [1.29, 1.82) is 0 Å². The van der Waals surface area contributed by atoms with E-state index in [1.807, 2.05) is 0 Å². The van der Waals surface area contributed by atoms with E-state index in [2.05, 4.69) is 173 Å². The maximum absolute atomic E-state index is 5.30. The molecule has 0 atom stereocenters. The van der Waals surface area contributed by atoms with Crippen LogP contribution in [0, 0.1) is 0 Å². The van der Waals surface area contributed by atoms with Gasteiger partial charge in [0.1, 0.15) is 0 Å². The Morgan fingerprint density at radius 2 is 0.580 bits per heavy atom. The Hall–Kier alpha value is -5.08. The fourth-order valence-corrected chi connectivity index (χ4v) is 6.24. The molecule has 5 rings (SSSR count). The van der Waals surface area contributed by atoms with Crippen LogP contribution in [0.5, 0.6) is 0 Å². The lowest BCUT2D eigenvalue weighted by Crippen LogP contribution is -2.00. The number of nitrogens with zero attached hydrogens (tertiary/aromatic N) is 2. The van der Waals surface area contributed by atoms with Crippen molar-refractivity contribution in [3.8, 4) is 0 Å². The number of benzene rings is 4. The molecule has 0 aliphatic rings. The van der Waals surface area contributed by atoms with E-state index >= 15 is 0 Å². The van der Waals surface area contributed by atoms with Crippen molar-refractivity contribution in [2.24, 2.45) is 0 Å². The summed E-state index contributed by atoms with van der Waals surface area (Å²) in [7, 11) is 0. The first kappa shape index (κ1) is 36.2. The van der Waals surface area contributed by atoms with Crippen molar-refractivity contribution in [1.82, 2.24) is 9.97 Å². The maximum atomic E-state index is 5.30. The fourth-order valence-electron chi connectivity index (χ4n) is 6.24. The molecule has 0 aliphatic heterocycles. The highest BCUT2D eigenvalue weighted by molar-refractivity contribution is 5.81. The summed E-state index contributed by atoms with van der Waals surface area (Å²) in [6.07, 6.45) is 25.9. The Balaban J connectivity index is 1.61. The highest BCUT2D eigenvalue weighted by atomic mass is 14.8. The first-order valence-electron chi connectivity index (χ1n) is 18.6. The van der Waals surface area contributed by atoms with Crippen molar-refractivity contribution < 1.29 is 0 Å². The summed E-state index contributed by atoms with van der Waals surface area (Å²) in [6.45, 7) is 8.90. The second-order valence-electron chi connectivity index (χ2n) is 13.1. The van der Waals surface area contributed by atoms with E-state index in [9.17, 15) is 0 Å². The van der Waals surface area contributed by atoms with Gasteiger partial charge in [0.15, 0.2) is 0 Å². The van der Waals surface area contributed by atoms with Gasteiger partial charge in [-0.1, -0.05) is 175 Å². The van der Waals surface area contributed by atoms with Gasteiger partial charge in [-0.3, -0.25) is 0 Å². The monoisotopic (exact) mass is 656 g/mol. The standard InChI is InChI=1S/C48H52N2/c1-5-13-37-17-9-21-41(33-37)25-29-45-46(30-26-42-22-10-18-38(34-42)14-6-2)50-48(32-28-44-24-12-20-40(36-44)16-8-4)47(49-45)31-27-43-23-11-19-39(35-43)15-7-3/h9-12,17-36H,5-8,13-16H2,1-4H3. The van der Waals surface area contributed by atoms with Crippen LogP contribution in [0.4, 0.5) is 0 Å². The lowest BCUT2D eigenvalue weighted by molar-refractivity contribution is 0.921. The van der Waals surface area contributed by atoms with Crippen LogP contribution in [0.2, 0.25) is 0 Å². The minimum Gasteiger partial charge on any atom is -0.245 e. The third-order valence-corrected chi connectivity index (χ3v) is 8.70. The van der Waals surface area contributed by atoms with E-state index < -0.39 is 0 Å². The molecule has 2 heteroatoms. The number of hydrogen-bond donors (Lipinski definition) is 0. The van der Waals surface area contributed by atoms with Crippen molar-refractivity contribution in [3.63, 3.8) is 0 Å². The average molecular weight is 657 g/mol. The van der Waals surface area contributed by atoms with Crippen molar-refractivity contribution in [3.05, 3.63) is 164 Å². The molecular weight excluding hydrogens is 605 g/mol. The van der Waals surface area contributed by atoms with Gasteiger partial charge in [-0.15, -0.1) is 0 Å². The lowest BCUT2D eigenvalue weighted by Gasteiger charge is -2.08. The van der Waals surface area contributed by atoms with Crippen molar-refractivity contribution >= 4 is 48.6 Å². The third kappa shape index (κ3) is 11.0. The summed E-state index contributed by atoms with van der Waals surface area (Å²) in [5.74, 6) is 0. The van der Waals surface area contributed by atoms with E-state index in [1.54, 1.807) is 0 Å². The Morgan fingerprint density at radius 3 is 0.800 bits per heavy atom. The summed E-state index contributed by atoms with van der Waals surface area (Å²) in [6, 6.07) is 35.1. The smallest absolute Gasteiger partial charge is 0.0894 e. The molecule has 0 fully saturated rings. The van der Waals surface area contributed by atoms with Crippen LogP contribution >= 0.6 is 0 Å². The molecule has 0 saturated carbocycles. The first-order valence-corrected chi connectivity index (χ1v) is 18.6.